The Morgan fingerprint density at radius 2 is 2.04 bits per heavy atom. The van der Waals surface area contributed by atoms with E-state index in [9.17, 15) is 9.90 Å². The van der Waals surface area contributed by atoms with Gasteiger partial charge in [0.15, 0.2) is 5.58 Å². The third-order valence-corrected chi connectivity index (χ3v) is 4.51. The van der Waals surface area contributed by atoms with Gasteiger partial charge in [-0.05, 0) is 42.7 Å². The van der Waals surface area contributed by atoms with E-state index in [2.05, 4.69) is 11.6 Å². The molecule has 0 amide bonds. The van der Waals surface area contributed by atoms with Gasteiger partial charge in [-0.1, -0.05) is 30.3 Å². The van der Waals surface area contributed by atoms with Crippen LogP contribution in [0.2, 0.25) is 0 Å². The average Bonchev–Trinajstić information content (AvgIpc) is 3.13. The molecule has 146 valence electrons. The second kappa shape index (κ2) is 9.08. The van der Waals surface area contributed by atoms with Crippen molar-refractivity contribution in [1.82, 2.24) is 4.98 Å². The number of para-hydroxylation sites is 2. The Hall–Kier alpha value is -3.28. The fraction of sp³-hybridized carbons (Fsp3) is 0.273. The van der Waals surface area contributed by atoms with Crippen LogP contribution in [-0.4, -0.2) is 36.3 Å². The number of likely N-dealkylation sites (N-methyl/N-ethyl adjacent to an activating group) is 1. The minimum Gasteiger partial charge on any atom is -0.492 e. The fourth-order valence-corrected chi connectivity index (χ4v) is 2.90. The minimum atomic E-state index is -0.803. The van der Waals surface area contributed by atoms with Crippen molar-refractivity contribution in [1.29, 1.82) is 0 Å². The number of carboxylic acids is 1. The molecule has 0 spiro atoms. The highest BCUT2D eigenvalue weighted by molar-refractivity contribution is 5.74. The van der Waals surface area contributed by atoms with Crippen LogP contribution in [0.4, 0.5) is 6.01 Å². The van der Waals surface area contributed by atoms with Gasteiger partial charge in [0.05, 0.1) is 12.5 Å². The number of carbonyl (C=O) groups is 1. The summed E-state index contributed by atoms with van der Waals surface area (Å²) in [6.07, 6.45) is 2.57. The summed E-state index contributed by atoms with van der Waals surface area (Å²) < 4.78 is 11.5. The standard InChI is InChI=1S/C22H24N2O4/c1-3-6-17(21(25)26)15-16-9-11-18(12-10-16)27-14-13-24(2)22-23-19-7-4-5-8-20(19)28-22/h3-5,7-12,17H,1,6,13-15H2,2H3,(H,25,26). The van der Waals surface area contributed by atoms with Crippen molar-refractivity contribution < 1.29 is 19.1 Å². The number of oxazole rings is 1. The van der Waals surface area contributed by atoms with Crippen molar-refractivity contribution in [3.8, 4) is 5.75 Å². The maximum atomic E-state index is 11.3. The topological polar surface area (TPSA) is 75.8 Å². The molecule has 2 aromatic carbocycles. The molecule has 0 aliphatic carbocycles. The van der Waals surface area contributed by atoms with Crippen molar-refractivity contribution in [2.24, 2.45) is 5.92 Å². The molecule has 6 nitrogen and oxygen atoms in total. The molecule has 0 saturated heterocycles. The van der Waals surface area contributed by atoms with E-state index in [1.54, 1.807) is 6.08 Å². The number of rotatable bonds is 10. The first-order valence-electron chi connectivity index (χ1n) is 9.19. The number of carboxylic acid groups (broad SMARTS) is 1. The quantitative estimate of drug-likeness (QED) is 0.532. The zero-order valence-electron chi connectivity index (χ0n) is 15.9. The van der Waals surface area contributed by atoms with Gasteiger partial charge >= 0.3 is 5.97 Å². The van der Waals surface area contributed by atoms with Crippen LogP contribution < -0.4 is 9.64 Å². The molecule has 3 aromatic rings. The highest BCUT2D eigenvalue weighted by Crippen LogP contribution is 2.21. The van der Waals surface area contributed by atoms with Gasteiger partial charge in [-0.25, -0.2) is 0 Å². The molecule has 0 fully saturated rings. The number of hydrogen-bond acceptors (Lipinski definition) is 5. The third kappa shape index (κ3) is 4.91. The third-order valence-electron chi connectivity index (χ3n) is 4.51. The Morgan fingerprint density at radius 3 is 2.71 bits per heavy atom. The molecular weight excluding hydrogens is 356 g/mol. The van der Waals surface area contributed by atoms with E-state index < -0.39 is 11.9 Å². The summed E-state index contributed by atoms with van der Waals surface area (Å²) in [6.45, 7) is 4.72. The van der Waals surface area contributed by atoms with Gasteiger partial charge < -0.3 is 19.2 Å². The van der Waals surface area contributed by atoms with Gasteiger partial charge in [-0.2, -0.15) is 4.98 Å². The zero-order valence-corrected chi connectivity index (χ0v) is 15.9. The zero-order chi connectivity index (χ0) is 19.9. The number of anilines is 1. The molecule has 0 saturated carbocycles. The van der Waals surface area contributed by atoms with Crippen LogP contribution in [0.1, 0.15) is 12.0 Å². The van der Waals surface area contributed by atoms with Crippen molar-refractivity contribution in [2.45, 2.75) is 12.8 Å². The highest BCUT2D eigenvalue weighted by Gasteiger charge is 2.16. The smallest absolute Gasteiger partial charge is 0.307 e. The van der Waals surface area contributed by atoms with Gasteiger partial charge in [0, 0.05) is 7.05 Å². The van der Waals surface area contributed by atoms with E-state index in [0.717, 1.165) is 22.4 Å². The van der Waals surface area contributed by atoms with E-state index in [-0.39, 0.29) is 0 Å². The van der Waals surface area contributed by atoms with Crippen LogP contribution in [0.5, 0.6) is 5.75 Å². The SMILES string of the molecule is C=CCC(Cc1ccc(OCCN(C)c2nc3ccccc3o2)cc1)C(=O)O. The molecule has 0 radical (unpaired) electrons. The highest BCUT2D eigenvalue weighted by atomic mass is 16.5. The number of fused-ring (bicyclic) bond motifs is 1. The monoisotopic (exact) mass is 380 g/mol. The predicted octanol–water partition coefficient (Wildman–Crippen LogP) is 4.16. The fourth-order valence-electron chi connectivity index (χ4n) is 2.90. The Bertz CT molecular complexity index is 900. The largest absolute Gasteiger partial charge is 0.492 e. The van der Waals surface area contributed by atoms with Crippen molar-refractivity contribution in [3.63, 3.8) is 0 Å². The molecule has 3 rings (SSSR count). The number of benzene rings is 2. The van der Waals surface area contributed by atoms with Gasteiger partial charge in [-0.15, -0.1) is 6.58 Å². The van der Waals surface area contributed by atoms with E-state index in [1.165, 1.54) is 0 Å². The van der Waals surface area contributed by atoms with Crippen LogP contribution >= 0.6 is 0 Å². The summed E-state index contributed by atoms with van der Waals surface area (Å²) in [5.41, 5.74) is 2.55. The number of hydrogen-bond donors (Lipinski definition) is 1. The minimum absolute atomic E-state index is 0.450. The number of ether oxygens (including phenoxy) is 1. The lowest BCUT2D eigenvalue weighted by Crippen LogP contribution is -2.23. The molecule has 1 unspecified atom stereocenters. The first-order chi connectivity index (χ1) is 13.6. The molecule has 1 atom stereocenters. The van der Waals surface area contributed by atoms with Gasteiger partial charge in [0.25, 0.3) is 6.01 Å². The molecule has 0 aliphatic rings. The lowest BCUT2D eigenvalue weighted by Gasteiger charge is -2.15. The Labute approximate surface area is 164 Å². The molecule has 1 heterocycles. The Balaban J connectivity index is 1.50. The number of allylic oxidation sites excluding steroid dienone is 1. The summed E-state index contributed by atoms with van der Waals surface area (Å²) in [4.78, 5) is 17.6. The summed E-state index contributed by atoms with van der Waals surface area (Å²) in [6, 6.07) is 15.7. The van der Waals surface area contributed by atoms with Crippen LogP contribution in [0.3, 0.4) is 0 Å². The average molecular weight is 380 g/mol. The molecule has 0 bridgehead atoms. The summed E-state index contributed by atoms with van der Waals surface area (Å²) >= 11 is 0. The van der Waals surface area contributed by atoms with Crippen LogP contribution in [0, 0.1) is 5.92 Å². The van der Waals surface area contributed by atoms with Crippen molar-refractivity contribution in [2.75, 3.05) is 25.1 Å². The maximum Gasteiger partial charge on any atom is 0.307 e. The first-order valence-corrected chi connectivity index (χ1v) is 9.19. The van der Waals surface area contributed by atoms with Gasteiger partial charge in [0.1, 0.15) is 17.9 Å². The predicted molar refractivity (Wildman–Crippen MR) is 109 cm³/mol. The second-order valence-corrected chi connectivity index (χ2v) is 6.64. The van der Waals surface area contributed by atoms with Crippen LogP contribution in [0.15, 0.2) is 65.6 Å². The molecular formula is C22H24N2O4. The second-order valence-electron chi connectivity index (χ2n) is 6.64. The number of aromatic nitrogens is 1. The Morgan fingerprint density at radius 1 is 1.29 bits per heavy atom. The van der Waals surface area contributed by atoms with E-state index in [0.29, 0.717) is 32.0 Å². The van der Waals surface area contributed by atoms with Crippen molar-refractivity contribution >= 4 is 23.1 Å². The molecule has 1 N–H and O–H groups in total. The Kier molecular flexibility index (Phi) is 6.32. The lowest BCUT2D eigenvalue weighted by molar-refractivity contribution is -0.141. The maximum absolute atomic E-state index is 11.3. The summed E-state index contributed by atoms with van der Waals surface area (Å²) in [7, 11) is 1.91. The van der Waals surface area contributed by atoms with Crippen LogP contribution in [-0.2, 0) is 11.2 Å². The normalized spacial score (nSPS) is 11.9. The van der Waals surface area contributed by atoms with Crippen molar-refractivity contribution in [3.05, 3.63) is 66.7 Å². The summed E-state index contributed by atoms with van der Waals surface area (Å²) in [5.74, 6) is -0.512. The van der Waals surface area contributed by atoms with Crippen LogP contribution in [0.25, 0.3) is 11.1 Å². The number of aliphatic carboxylic acids is 1. The number of nitrogens with zero attached hydrogens (tertiary/aromatic N) is 2. The molecule has 6 heteroatoms. The molecule has 28 heavy (non-hydrogen) atoms. The van der Waals surface area contributed by atoms with Gasteiger partial charge in [0.2, 0.25) is 0 Å². The molecule has 0 aliphatic heterocycles. The summed E-state index contributed by atoms with van der Waals surface area (Å²) in [5, 5.41) is 9.24. The van der Waals surface area contributed by atoms with E-state index in [1.807, 2.05) is 60.5 Å². The van der Waals surface area contributed by atoms with E-state index in [4.69, 9.17) is 9.15 Å². The van der Waals surface area contributed by atoms with Gasteiger partial charge in [-0.3, -0.25) is 4.79 Å². The van der Waals surface area contributed by atoms with E-state index >= 15 is 0 Å². The first kappa shape index (κ1) is 19.5. The molecule has 1 aromatic heterocycles. The lowest BCUT2D eigenvalue weighted by atomic mass is 9.96.